The second-order valence-corrected chi connectivity index (χ2v) is 4.46. The Bertz CT molecular complexity index is 212. The lowest BCUT2D eigenvalue weighted by Crippen LogP contribution is -2.16. The van der Waals surface area contributed by atoms with Crippen LogP contribution in [0.1, 0.15) is 33.6 Å². The Morgan fingerprint density at radius 3 is 2.33 bits per heavy atom. The summed E-state index contributed by atoms with van der Waals surface area (Å²) >= 11 is 0. The van der Waals surface area contributed by atoms with Gasteiger partial charge in [-0.25, -0.2) is 0 Å². The molecular weight excluding hydrogens is 156 g/mol. The minimum atomic E-state index is -0.380. The highest BCUT2D eigenvalue weighted by Gasteiger charge is 2.35. The SMILES string of the molecule is CC(C)(C)CC1CC(=O)OC1=O. The van der Waals surface area contributed by atoms with Crippen LogP contribution in [0.2, 0.25) is 0 Å². The second kappa shape index (κ2) is 2.88. The first kappa shape index (κ1) is 9.23. The van der Waals surface area contributed by atoms with Gasteiger partial charge in [-0.15, -0.1) is 0 Å². The average molecular weight is 170 g/mol. The van der Waals surface area contributed by atoms with E-state index in [9.17, 15) is 9.59 Å². The molecule has 0 radical (unpaired) electrons. The van der Waals surface area contributed by atoms with Crippen LogP contribution >= 0.6 is 0 Å². The highest BCUT2D eigenvalue weighted by molar-refractivity contribution is 5.94. The van der Waals surface area contributed by atoms with E-state index in [-0.39, 0.29) is 29.7 Å². The molecule has 1 saturated heterocycles. The van der Waals surface area contributed by atoms with Gasteiger partial charge in [-0.1, -0.05) is 20.8 Å². The number of hydrogen-bond donors (Lipinski definition) is 0. The van der Waals surface area contributed by atoms with E-state index in [0.717, 1.165) is 6.42 Å². The van der Waals surface area contributed by atoms with Crippen LogP contribution in [0.15, 0.2) is 0 Å². The number of cyclic esters (lactones) is 2. The van der Waals surface area contributed by atoms with Gasteiger partial charge in [-0.05, 0) is 11.8 Å². The third kappa shape index (κ3) is 2.32. The molecule has 1 rings (SSSR count). The van der Waals surface area contributed by atoms with Gasteiger partial charge < -0.3 is 4.74 Å². The molecule has 3 heteroatoms. The predicted octanol–water partition coefficient (Wildman–Crippen LogP) is 1.51. The maximum absolute atomic E-state index is 11.0. The molecular formula is C9H14O3. The van der Waals surface area contributed by atoms with Crippen LogP contribution < -0.4 is 0 Å². The molecule has 0 aromatic rings. The van der Waals surface area contributed by atoms with Crippen molar-refractivity contribution in [1.82, 2.24) is 0 Å². The van der Waals surface area contributed by atoms with Gasteiger partial charge in [0.1, 0.15) is 0 Å². The first-order valence-electron chi connectivity index (χ1n) is 4.13. The van der Waals surface area contributed by atoms with Gasteiger partial charge >= 0.3 is 11.9 Å². The summed E-state index contributed by atoms with van der Waals surface area (Å²) in [6.45, 7) is 6.13. The van der Waals surface area contributed by atoms with E-state index in [1.165, 1.54) is 0 Å². The lowest BCUT2D eigenvalue weighted by atomic mass is 9.84. The molecule has 0 bridgehead atoms. The van der Waals surface area contributed by atoms with Crippen LogP contribution in [0.25, 0.3) is 0 Å². The molecule has 0 aliphatic carbocycles. The summed E-state index contributed by atoms with van der Waals surface area (Å²) in [4.78, 5) is 21.7. The van der Waals surface area contributed by atoms with E-state index < -0.39 is 0 Å². The molecule has 1 aliphatic rings. The third-order valence-electron chi connectivity index (χ3n) is 1.82. The Morgan fingerprint density at radius 2 is 2.00 bits per heavy atom. The van der Waals surface area contributed by atoms with Gasteiger partial charge in [-0.2, -0.15) is 0 Å². The van der Waals surface area contributed by atoms with Crippen molar-refractivity contribution in [3.63, 3.8) is 0 Å². The lowest BCUT2D eigenvalue weighted by molar-refractivity contribution is -0.153. The topological polar surface area (TPSA) is 43.4 Å². The zero-order valence-corrected chi connectivity index (χ0v) is 7.72. The number of hydrogen-bond acceptors (Lipinski definition) is 3. The quantitative estimate of drug-likeness (QED) is 0.442. The Kier molecular flexibility index (Phi) is 2.22. The van der Waals surface area contributed by atoms with Crippen LogP contribution in [0.5, 0.6) is 0 Å². The molecule has 12 heavy (non-hydrogen) atoms. The van der Waals surface area contributed by atoms with Crippen molar-refractivity contribution in [1.29, 1.82) is 0 Å². The molecule has 0 N–H and O–H groups in total. The molecule has 0 spiro atoms. The number of carbonyl (C=O) groups excluding carboxylic acids is 2. The summed E-state index contributed by atoms with van der Waals surface area (Å²) in [7, 11) is 0. The maximum Gasteiger partial charge on any atom is 0.317 e. The molecule has 0 aromatic carbocycles. The van der Waals surface area contributed by atoms with Gasteiger partial charge in [0.15, 0.2) is 0 Å². The normalized spacial score (nSPS) is 24.4. The van der Waals surface area contributed by atoms with Crippen molar-refractivity contribution in [2.45, 2.75) is 33.6 Å². The molecule has 1 heterocycles. The lowest BCUT2D eigenvalue weighted by Gasteiger charge is -2.19. The van der Waals surface area contributed by atoms with Crippen molar-refractivity contribution in [2.24, 2.45) is 11.3 Å². The van der Waals surface area contributed by atoms with Crippen molar-refractivity contribution < 1.29 is 14.3 Å². The van der Waals surface area contributed by atoms with Gasteiger partial charge in [0.2, 0.25) is 0 Å². The Morgan fingerprint density at radius 1 is 1.42 bits per heavy atom. The second-order valence-electron chi connectivity index (χ2n) is 4.46. The van der Waals surface area contributed by atoms with Crippen molar-refractivity contribution in [2.75, 3.05) is 0 Å². The molecule has 1 atom stereocenters. The fourth-order valence-electron chi connectivity index (χ4n) is 1.42. The van der Waals surface area contributed by atoms with E-state index in [1.54, 1.807) is 0 Å². The van der Waals surface area contributed by atoms with Gasteiger partial charge in [0.05, 0.1) is 12.3 Å². The molecule has 68 valence electrons. The molecule has 0 saturated carbocycles. The zero-order chi connectivity index (χ0) is 9.35. The molecule has 0 amide bonds. The van der Waals surface area contributed by atoms with Crippen molar-refractivity contribution in [3.05, 3.63) is 0 Å². The number of carbonyl (C=O) groups is 2. The number of esters is 2. The number of rotatable bonds is 1. The highest BCUT2D eigenvalue weighted by atomic mass is 16.6. The smallest absolute Gasteiger partial charge is 0.317 e. The van der Waals surface area contributed by atoms with E-state index in [2.05, 4.69) is 4.74 Å². The Balaban J connectivity index is 2.54. The van der Waals surface area contributed by atoms with Crippen molar-refractivity contribution in [3.8, 4) is 0 Å². The van der Waals surface area contributed by atoms with Crippen LogP contribution in [0.3, 0.4) is 0 Å². The molecule has 3 nitrogen and oxygen atoms in total. The molecule has 1 aliphatic heterocycles. The monoisotopic (exact) mass is 170 g/mol. The summed E-state index contributed by atoms with van der Waals surface area (Å²) in [6, 6.07) is 0. The van der Waals surface area contributed by atoms with E-state index in [1.807, 2.05) is 20.8 Å². The average Bonchev–Trinajstić information content (AvgIpc) is 2.06. The summed E-state index contributed by atoms with van der Waals surface area (Å²) in [6.07, 6.45) is 0.980. The third-order valence-corrected chi connectivity index (χ3v) is 1.82. The van der Waals surface area contributed by atoms with Crippen LogP contribution in [-0.4, -0.2) is 11.9 Å². The molecule has 1 fully saturated rings. The Hall–Kier alpha value is -0.860. The highest BCUT2D eigenvalue weighted by Crippen LogP contribution is 2.30. The van der Waals surface area contributed by atoms with Gasteiger partial charge in [-0.3, -0.25) is 9.59 Å². The van der Waals surface area contributed by atoms with Crippen molar-refractivity contribution >= 4 is 11.9 Å². The summed E-state index contributed by atoms with van der Waals surface area (Å²) < 4.78 is 4.44. The minimum Gasteiger partial charge on any atom is -0.393 e. The first-order chi connectivity index (χ1) is 5.38. The molecule has 0 aromatic heterocycles. The summed E-state index contributed by atoms with van der Waals surface area (Å²) in [5, 5.41) is 0. The standard InChI is InChI=1S/C9H14O3/c1-9(2,3)5-6-4-7(10)12-8(6)11/h6H,4-5H2,1-3H3. The van der Waals surface area contributed by atoms with Crippen LogP contribution in [0.4, 0.5) is 0 Å². The van der Waals surface area contributed by atoms with E-state index in [0.29, 0.717) is 0 Å². The summed E-state index contributed by atoms with van der Waals surface area (Å²) in [5.74, 6) is -0.943. The first-order valence-corrected chi connectivity index (χ1v) is 4.13. The minimum absolute atomic E-state index is 0.0777. The predicted molar refractivity (Wildman–Crippen MR) is 43.3 cm³/mol. The fraction of sp³-hybridized carbons (Fsp3) is 0.778. The van der Waals surface area contributed by atoms with Gasteiger partial charge in [0.25, 0.3) is 0 Å². The maximum atomic E-state index is 11.0. The van der Waals surface area contributed by atoms with Gasteiger partial charge in [0, 0.05) is 0 Å². The molecule has 1 unspecified atom stereocenters. The van der Waals surface area contributed by atoms with E-state index in [4.69, 9.17) is 0 Å². The number of ether oxygens (including phenoxy) is 1. The van der Waals surface area contributed by atoms with Crippen LogP contribution in [-0.2, 0) is 14.3 Å². The van der Waals surface area contributed by atoms with E-state index >= 15 is 0 Å². The zero-order valence-electron chi connectivity index (χ0n) is 7.72. The fourth-order valence-corrected chi connectivity index (χ4v) is 1.42. The largest absolute Gasteiger partial charge is 0.393 e. The Labute approximate surface area is 72.1 Å². The van der Waals surface area contributed by atoms with Crippen LogP contribution in [0, 0.1) is 11.3 Å². The summed E-state index contributed by atoms with van der Waals surface area (Å²) in [5.41, 5.74) is 0.0777.